The number of nitrogens with two attached hydrogens (primary N) is 1. The monoisotopic (exact) mass is 246 g/mol. The van der Waals surface area contributed by atoms with Crippen molar-refractivity contribution in [3.8, 4) is 0 Å². The summed E-state index contributed by atoms with van der Waals surface area (Å²) in [5.74, 6) is -0.219. The molecule has 2 aromatic carbocycles. The second-order valence-corrected chi connectivity index (χ2v) is 4.28. The maximum Gasteiger partial charge on any atom is 0.128 e. The molecule has 94 valence electrons. The molecule has 0 unspecified atom stereocenters. The lowest BCUT2D eigenvalue weighted by atomic mass is 10.1. The molecule has 3 N–H and O–H groups in total. The maximum atomic E-state index is 12.7. The summed E-state index contributed by atoms with van der Waals surface area (Å²) >= 11 is 0. The number of hydrogen-bond acceptors (Lipinski definition) is 1. The minimum absolute atomic E-state index is 0.219. The number of aliphatic hydroxyl groups excluding tert-OH is 1. The normalized spacial score (nSPS) is 12.3. The van der Waals surface area contributed by atoms with Crippen molar-refractivity contribution in [2.45, 2.75) is 12.6 Å². The molecule has 0 bridgehead atoms. The molecule has 0 amide bonds. The lowest BCUT2D eigenvalue weighted by molar-refractivity contribution is -0.677. The van der Waals surface area contributed by atoms with Crippen LogP contribution in [0.1, 0.15) is 17.2 Å². The molecule has 0 fully saturated rings. The Labute approximate surface area is 106 Å². The van der Waals surface area contributed by atoms with E-state index in [1.165, 1.54) is 12.1 Å². The molecular formula is C15H17FNO+. The highest BCUT2D eigenvalue weighted by Crippen LogP contribution is 2.09. The molecule has 0 aliphatic heterocycles. The summed E-state index contributed by atoms with van der Waals surface area (Å²) in [6.07, 6.45) is -0.466. The van der Waals surface area contributed by atoms with E-state index in [1.807, 2.05) is 35.6 Å². The van der Waals surface area contributed by atoms with Crippen LogP contribution in [0.15, 0.2) is 54.6 Å². The highest BCUT2D eigenvalue weighted by atomic mass is 19.1. The van der Waals surface area contributed by atoms with E-state index in [0.29, 0.717) is 6.54 Å². The Hall–Kier alpha value is -1.71. The van der Waals surface area contributed by atoms with Crippen LogP contribution in [0.4, 0.5) is 4.39 Å². The van der Waals surface area contributed by atoms with E-state index in [2.05, 4.69) is 0 Å². The molecule has 2 rings (SSSR count). The Morgan fingerprint density at radius 1 is 1.00 bits per heavy atom. The summed E-state index contributed by atoms with van der Waals surface area (Å²) in [7, 11) is 0. The highest BCUT2D eigenvalue weighted by Gasteiger charge is 2.08. The van der Waals surface area contributed by atoms with E-state index >= 15 is 0 Å². The highest BCUT2D eigenvalue weighted by molar-refractivity contribution is 5.17. The zero-order valence-corrected chi connectivity index (χ0v) is 10.1. The SMILES string of the molecule is O[C@H](C[NH2+]Cc1ccc(F)cc1)c1ccccc1. The van der Waals surface area contributed by atoms with Gasteiger partial charge in [-0.1, -0.05) is 42.5 Å². The molecule has 0 aromatic heterocycles. The van der Waals surface area contributed by atoms with Crippen LogP contribution in [-0.2, 0) is 6.54 Å². The summed E-state index contributed by atoms with van der Waals surface area (Å²) in [5, 5.41) is 12.0. The van der Waals surface area contributed by atoms with Crippen LogP contribution in [0.25, 0.3) is 0 Å². The Morgan fingerprint density at radius 2 is 1.67 bits per heavy atom. The number of quaternary nitrogens is 1. The van der Waals surface area contributed by atoms with Crippen LogP contribution in [0.2, 0.25) is 0 Å². The van der Waals surface area contributed by atoms with Crippen molar-refractivity contribution < 1.29 is 14.8 Å². The lowest BCUT2D eigenvalue weighted by Gasteiger charge is -2.09. The van der Waals surface area contributed by atoms with E-state index in [4.69, 9.17) is 0 Å². The molecule has 0 radical (unpaired) electrons. The second-order valence-electron chi connectivity index (χ2n) is 4.28. The van der Waals surface area contributed by atoms with Crippen LogP contribution in [-0.4, -0.2) is 11.7 Å². The first kappa shape index (κ1) is 12.7. The van der Waals surface area contributed by atoms with E-state index in [0.717, 1.165) is 17.7 Å². The third-order valence-corrected chi connectivity index (χ3v) is 2.87. The van der Waals surface area contributed by atoms with Gasteiger partial charge in [-0.15, -0.1) is 0 Å². The second kappa shape index (κ2) is 6.28. The topological polar surface area (TPSA) is 36.8 Å². The number of benzene rings is 2. The molecule has 18 heavy (non-hydrogen) atoms. The molecule has 2 nitrogen and oxygen atoms in total. The van der Waals surface area contributed by atoms with Crippen LogP contribution >= 0.6 is 0 Å². The van der Waals surface area contributed by atoms with Crippen molar-refractivity contribution in [1.29, 1.82) is 0 Å². The van der Waals surface area contributed by atoms with Gasteiger partial charge in [0.2, 0.25) is 0 Å². The fourth-order valence-electron chi connectivity index (χ4n) is 1.84. The van der Waals surface area contributed by atoms with Crippen LogP contribution in [0, 0.1) is 5.82 Å². The summed E-state index contributed by atoms with van der Waals surface area (Å²) in [4.78, 5) is 0. The van der Waals surface area contributed by atoms with Gasteiger partial charge in [0.15, 0.2) is 0 Å². The number of rotatable bonds is 5. The minimum Gasteiger partial charge on any atom is -0.382 e. The molecule has 0 saturated heterocycles. The van der Waals surface area contributed by atoms with Gasteiger partial charge in [-0.25, -0.2) is 4.39 Å². The van der Waals surface area contributed by atoms with Gasteiger partial charge in [0.05, 0.1) is 0 Å². The Kier molecular flexibility index (Phi) is 4.45. The first-order chi connectivity index (χ1) is 8.75. The molecule has 0 aliphatic rings. The molecular weight excluding hydrogens is 229 g/mol. The van der Waals surface area contributed by atoms with Crippen LogP contribution < -0.4 is 5.32 Å². The van der Waals surface area contributed by atoms with Gasteiger partial charge < -0.3 is 10.4 Å². The van der Waals surface area contributed by atoms with E-state index in [-0.39, 0.29) is 5.82 Å². The number of aliphatic hydroxyl groups is 1. The van der Waals surface area contributed by atoms with Crippen molar-refractivity contribution in [1.82, 2.24) is 0 Å². The van der Waals surface area contributed by atoms with E-state index in [9.17, 15) is 9.50 Å². The smallest absolute Gasteiger partial charge is 0.128 e. The fraction of sp³-hybridized carbons (Fsp3) is 0.200. The van der Waals surface area contributed by atoms with Crippen molar-refractivity contribution in [2.75, 3.05) is 6.54 Å². The third-order valence-electron chi connectivity index (χ3n) is 2.87. The summed E-state index contributed by atoms with van der Waals surface area (Å²) in [5.41, 5.74) is 1.98. The minimum atomic E-state index is -0.466. The standard InChI is InChI=1S/C15H16FNO/c16-14-8-6-12(7-9-14)10-17-11-15(18)13-4-2-1-3-5-13/h1-9,15,17-18H,10-11H2/p+1/t15-/m1/s1. The summed E-state index contributed by atoms with van der Waals surface area (Å²) in [6, 6.07) is 16.0. The first-order valence-corrected chi connectivity index (χ1v) is 6.05. The van der Waals surface area contributed by atoms with Gasteiger partial charge in [0.25, 0.3) is 0 Å². The molecule has 2 aromatic rings. The van der Waals surface area contributed by atoms with Crippen LogP contribution in [0.3, 0.4) is 0 Å². The predicted octanol–water partition coefficient (Wildman–Crippen LogP) is 1.62. The third kappa shape index (κ3) is 3.65. The van der Waals surface area contributed by atoms with Gasteiger partial charge in [-0.2, -0.15) is 0 Å². The average Bonchev–Trinajstić information content (AvgIpc) is 2.42. The van der Waals surface area contributed by atoms with E-state index in [1.54, 1.807) is 12.1 Å². The Morgan fingerprint density at radius 3 is 2.33 bits per heavy atom. The maximum absolute atomic E-state index is 12.7. The van der Waals surface area contributed by atoms with Gasteiger partial charge in [-0.05, 0) is 17.7 Å². The molecule has 3 heteroatoms. The van der Waals surface area contributed by atoms with Crippen molar-refractivity contribution in [3.63, 3.8) is 0 Å². The lowest BCUT2D eigenvalue weighted by Crippen LogP contribution is -2.83. The van der Waals surface area contributed by atoms with Gasteiger partial charge >= 0.3 is 0 Å². The number of halogens is 1. The largest absolute Gasteiger partial charge is 0.382 e. The van der Waals surface area contributed by atoms with E-state index < -0.39 is 6.10 Å². The Bertz CT molecular complexity index is 470. The molecule has 0 spiro atoms. The zero-order valence-electron chi connectivity index (χ0n) is 10.1. The molecule has 1 atom stereocenters. The fourth-order valence-corrected chi connectivity index (χ4v) is 1.84. The summed E-state index contributed by atoms with van der Waals surface area (Å²) in [6.45, 7) is 1.34. The van der Waals surface area contributed by atoms with Gasteiger partial charge in [0.1, 0.15) is 25.0 Å². The van der Waals surface area contributed by atoms with Crippen molar-refractivity contribution in [3.05, 3.63) is 71.5 Å². The van der Waals surface area contributed by atoms with Crippen LogP contribution in [0.5, 0.6) is 0 Å². The predicted molar refractivity (Wildman–Crippen MR) is 68.3 cm³/mol. The molecule has 0 aliphatic carbocycles. The first-order valence-electron chi connectivity index (χ1n) is 6.05. The van der Waals surface area contributed by atoms with Gasteiger partial charge in [0, 0.05) is 5.56 Å². The molecule has 0 saturated carbocycles. The number of hydrogen-bond donors (Lipinski definition) is 2. The van der Waals surface area contributed by atoms with Crippen molar-refractivity contribution >= 4 is 0 Å². The quantitative estimate of drug-likeness (QED) is 0.826. The Balaban J connectivity index is 1.80. The van der Waals surface area contributed by atoms with Crippen molar-refractivity contribution in [2.24, 2.45) is 0 Å². The molecule has 0 heterocycles. The zero-order chi connectivity index (χ0) is 12.8. The average molecular weight is 246 g/mol. The summed E-state index contributed by atoms with van der Waals surface area (Å²) < 4.78 is 12.7. The van der Waals surface area contributed by atoms with Gasteiger partial charge in [-0.3, -0.25) is 0 Å².